The molecule has 11 heteroatoms. The van der Waals surface area contributed by atoms with Gasteiger partial charge in [0.05, 0.1) is 22.4 Å². The van der Waals surface area contributed by atoms with Gasteiger partial charge in [-0.05, 0) is 66.8 Å². The summed E-state index contributed by atoms with van der Waals surface area (Å²) >= 11 is 17.5. The molecule has 0 saturated heterocycles. The van der Waals surface area contributed by atoms with Crippen LogP contribution in [0.3, 0.4) is 0 Å². The van der Waals surface area contributed by atoms with E-state index in [-0.39, 0.29) is 16.4 Å². The number of halogens is 2. The highest BCUT2D eigenvalue weighted by molar-refractivity contribution is 7.71. The van der Waals surface area contributed by atoms with Crippen molar-refractivity contribution < 1.29 is 4.92 Å². The number of nitrogens with one attached hydrogen (secondary N) is 1. The minimum atomic E-state index is -0.472. The summed E-state index contributed by atoms with van der Waals surface area (Å²) in [5.74, 6) is 0.627. The van der Waals surface area contributed by atoms with E-state index in [0.29, 0.717) is 32.7 Å². The lowest BCUT2D eigenvalue weighted by Gasteiger charge is -2.13. The summed E-state index contributed by atoms with van der Waals surface area (Å²) in [7, 11) is 0. The molecule has 0 aliphatic carbocycles. The fourth-order valence-corrected chi connectivity index (χ4v) is 3.49. The first-order valence-corrected chi connectivity index (χ1v) is 10.6. The average molecular weight is 497 g/mol. The van der Waals surface area contributed by atoms with Crippen LogP contribution in [0.5, 0.6) is 0 Å². The van der Waals surface area contributed by atoms with Crippen LogP contribution in [-0.2, 0) is 0 Å². The third kappa shape index (κ3) is 5.23. The van der Waals surface area contributed by atoms with Crippen LogP contribution in [-0.4, -0.2) is 25.7 Å². The number of nitrogens with zero attached hydrogens (tertiary/aromatic N) is 5. The summed E-state index contributed by atoms with van der Waals surface area (Å²) in [4.78, 5) is 19.8. The minimum Gasteiger partial charge on any atom is -0.258 e. The Morgan fingerprint density at radius 1 is 0.970 bits per heavy atom. The molecule has 4 rings (SSSR count). The predicted molar refractivity (Wildman–Crippen MR) is 132 cm³/mol. The van der Waals surface area contributed by atoms with Crippen molar-refractivity contribution in [3.63, 3.8) is 0 Å². The minimum absolute atomic E-state index is 0.0675. The lowest BCUT2D eigenvalue weighted by atomic mass is 10.2. The van der Waals surface area contributed by atoms with Gasteiger partial charge in [0.25, 0.3) is 5.69 Å². The van der Waals surface area contributed by atoms with Crippen LogP contribution in [0.2, 0.25) is 10.0 Å². The number of nitro benzene ring substituents is 1. The van der Waals surface area contributed by atoms with Gasteiger partial charge in [0.2, 0.25) is 10.7 Å². The van der Waals surface area contributed by atoms with Crippen molar-refractivity contribution in [1.82, 2.24) is 14.5 Å². The second kappa shape index (κ2) is 9.86. The summed E-state index contributed by atoms with van der Waals surface area (Å²) in [5, 5.41) is 16.6. The zero-order valence-corrected chi connectivity index (χ0v) is 19.1. The van der Waals surface area contributed by atoms with Crippen LogP contribution in [0, 0.1) is 14.9 Å². The Labute approximate surface area is 203 Å². The second-order valence-corrected chi connectivity index (χ2v) is 7.90. The highest BCUT2D eigenvalue weighted by Crippen LogP contribution is 2.23. The quantitative estimate of drug-likeness (QED) is 0.145. The maximum absolute atomic E-state index is 11.3. The molecule has 3 aromatic carbocycles. The van der Waals surface area contributed by atoms with Gasteiger partial charge in [-0.25, -0.2) is 5.43 Å². The Hall–Kier alpha value is -3.66. The van der Waals surface area contributed by atoms with Crippen molar-refractivity contribution in [2.75, 3.05) is 5.43 Å². The maximum atomic E-state index is 11.3. The van der Waals surface area contributed by atoms with Gasteiger partial charge < -0.3 is 0 Å². The van der Waals surface area contributed by atoms with Crippen molar-refractivity contribution >= 4 is 53.3 Å². The molecule has 0 amide bonds. The van der Waals surface area contributed by atoms with Gasteiger partial charge in [-0.2, -0.15) is 15.1 Å². The largest absolute Gasteiger partial charge is 0.278 e. The fourth-order valence-electron chi connectivity index (χ4n) is 2.95. The predicted octanol–water partition coefficient (Wildman–Crippen LogP) is 6.32. The smallest absolute Gasteiger partial charge is 0.258 e. The molecule has 1 heterocycles. The molecule has 0 aliphatic rings. The Bertz CT molecular complexity index is 1410. The van der Waals surface area contributed by atoms with E-state index in [2.05, 4.69) is 20.5 Å². The maximum Gasteiger partial charge on any atom is 0.278 e. The normalized spacial score (nSPS) is 11.0. The molecule has 1 N–H and O–H groups in total. The van der Waals surface area contributed by atoms with E-state index in [9.17, 15) is 10.1 Å². The molecular weight excluding hydrogens is 483 g/mol. The molecule has 0 unspecified atom stereocenters. The highest BCUT2D eigenvalue weighted by Gasteiger charge is 2.13. The number of hydrogen-bond acceptors (Lipinski definition) is 7. The van der Waals surface area contributed by atoms with E-state index >= 15 is 0 Å². The van der Waals surface area contributed by atoms with Gasteiger partial charge >= 0.3 is 0 Å². The van der Waals surface area contributed by atoms with Crippen molar-refractivity contribution in [2.45, 2.75) is 0 Å². The van der Waals surface area contributed by atoms with Gasteiger partial charge in [0.15, 0.2) is 5.82 Å². The number of hydrogen-bond donors (Lipinski definition) is 1. The monoisotopic (exact) mass is 496 g/mol. The van der Waals surface area contributed by atoms with Crippen LogP contribution in [0.15, 0.2) is 77.9 Å². The molecule has 0 spiro atoms. The van der Waals surface area contributed by atoms with E-state index in [1.54, 1.807) is 71.3 Å². The van der Waals surface area contributed by atoms with Crippen LogP contribution >= 0.6 is 35.4 Å². The summed E-state index contributed by atoms with van der Waals surface area (Å²) in [6.45, 7) is 0. The van der Waals surface area contributed by atoms with Crippen LogP contribution in [0.25, 0.3) is 17.1 Å². The fraction of sp³-hybridized carbons (Fsp3) is 0. The topological polar surface area (TPSA) is 98.2 Å². The molecule has 0 fully saturated rings. The molecule has 164 valence electrons. The van der Waals surface area contributed by atoms with Crippen molar-refractivity contribution in [1.29, 1.82) is 0 Å². The first kappa shape index (κ1) is 22.5. The highest BCUT2D eigenvalue weighted by atomic mass is 35.5. The van der Waals surface area contributed by atoms with Gasteiger partial charge in [0.1, 0.15) is 0 Å². The van der Waals surface area contributed by atoms with Crippen molar-refractivity contribution in [3.8, 4) is 17.1 Å². The molecule has 1 aromatic heterocycles. The molecular formula is C22H14Cl2N6O2S. The zero-order chi connectivity index (χ0) is 23.4. The Morgan fingerprint density at radius 3 is 2.27 bits per heavy atom. The van der Waals surface area contributed by atoms with Crippen molar-refractivity contribution in [3.05, 3.63) is 103 Å². The summed E-state index contributed by atoms with van der Waals surface area (Å²) in [5.41, 5.74) is 4.47. The SMILES string of the molecule is O=[N+]([O-])c1ccccc1/C=N/Nc1nc(-c2ccc(Cl)cc2)nc(=S)n1-c1ccc(Cl)cc1. The molecule has 33 heavy (non-hydrogen) atoms. The number of nitro groups is 1. The van der Waals surface area contributed by atoms with E-state index < -0.39 is 4.92 Å². The lowest BCUT2D eigenvalue weighted by Crippen LogP contribution is -2.10. The molecule has 0 atom stereocenters. The van der Waals surface area contributed by atoms with Gasteiger partial charge in [0, 0.05) is 21.7 Å². The van der Waals surface area contributed by atoms with Gasteiger partial charge in [-0.3, -0.25) is 14.7 Å². The molecule has 0 aliphatic heterocycles. The van der Waals surface area contributed by atoms with Crippen LogP contribution in [0.1, 0.15) is 5.56 Å². The Kier molecular flexibility index (Phi) is 6.74. The molecule has 0 bridgehead atoms. The van der Waals surface area contributed by atoms with Gasteiger partial charge in [-0.1, -0.05) is 35.3 Å². The molecule has 0 saturated carbocycles. The van der Waals surface area contributed by atoms with E-state index in [1.807, 2.05) is 0 Å². The summed E-state index contributed by atoms with van der Waals surface area (Å²) in [6, 6.07) is 20.2. The number of para-hydroxylation sites is 1. The third-order valence-electron chi connectivity index (χ3n) is 4.51. The first-order chi connectivity index (χ1) is 15.9. The molecule has 8 nitrogen and oxygen atoms in total. The molecule has 0 radical (unpaired) electrons. The number of benzene rings is 3. The van der Waals surface area contributed by atoms with Gasteiger partial charge in [-0.15, -0.1) is 0 Å². The second-order valence-electron chi connectivity index (χ2n) is 6.66. The summed E-state index contributed by atoms with van der Waals surface area (Å²) in [6.07, 6.45) is 1.34. The van der Waals surface area contributed by atoms with E-state index in [4.69, 9.17) is 35.4 Å². The Morgan fingerprint density at radius 2 is 1.61 bits per heavy atom. The van der Waals surface area contributed by atoms with E-state index in [1.165, 1.54) is 12.3 Å². The third-order valence-corrected chi connectivity index (χ3v) is 5.28. The zero-order valence-electron chi connectivity index (χ0n) is 16.7. The number of hydrazone groups is 1. The number of anilines is 1. The average Bonchev–Trinajstić information content (AvgIpc) is 2.80. The number of rotatable bonds is 6. The van der Waals surface area contributed by atoms with Crippen molar-refractivity contribution in [2.24, 2.45) is 5.10 Å². The van der Waals surface area contributed by atoms with Crippen LogP contribution < -0.4 is 5.43 Å². The lowest BCUT2D eigenvalue weighted by molar-refractivity contribution is -0.385. The standard InChI is InChI=1S/C22H14Cl2N6O2S/c23-16-7-5-14(6-8-16)20-26-21(28-25-13-15-3-1-2-4-19(15)30(31)32)29(22(33)27-20)18-11-9-17(24)10-12-18/h1-13H,(H,26,27,28,33)/b25-13+. The number of aromatic nitrogens is 3. The first-order valence-electron chi connectivity index (χ1n) is 9.48. The Balaban J connectivity index is 1.78. The van der Waals surface area contributed by atoms with E-state index in [0.717, 1.165) is 0 Å². The van der Waals surface area contributed by atoms with Crippen LogP contribution in [0.4, 0.5) is 11.6 Å². The molecule has 4 aromatic rings. The summed E-state index contributed by atoms with van der Waals surface area (Å²) < 4.78 is 1.81.